The third-order valence-corrected chi connectivity index (χ3v) is 4.49. The smallest absolute Gasteiger partial charge is 0.287 e. The van der Waals surface area contributed by atoms with Crippen molar-refractivity contribution in [1.82, 2.24) is 20.9 Å². The summed E-state index contributed by atoms with van der Waals surface area (Å²) >= 11 is 0. The molecule has 0 radical (unpaired) electrons. The van der Waals surface area contributed by atoms with Crippen molar-refractivity contribution in [2.45, 2.75) is 38.6 Å². The van der Waals surface area contributed by atoms with Crippen LogP contribution in [0.4, 0.5) is 0 Å². The second-order valence-corrected chi connectivity index (χ2v) is 6.52. The molecule has 0 saturated carbocycles. The Morgan fingerprint density at radius 1 is 1.15 bits per heavy atom. The quantitative estimate of drug-likeness (QED) is 0.554. The van der Waals surface area contributed by atoms with Gasteiger partial charge >= 0.3 is 0 Å². The van der Waals surface area contributed by atoms with Crippen LogP contribution in [0.15, 0.2) is 22.8 Å². The van der Waals surface area contributed by atoms with Crippen molar-refractivity contribution in [1.29, 1.82) is 0 Å². The Morgan fingerprint density at radius 3 is 2.65 bits per heavy atom. The molecule has 0 unspecified atom stereocenters. The van der Waals surface area contributed by atoms with Crippen LogP contribution >= 0.6 is 0 Å². The summed E-state index contributed by atoms with van der Waals surface area (Å²) in [6.07, 6.45) is 6.07. The molecule has 1 aliphatic heterocycles. The van der Waals surface area contributed by atoms with Crippen LogP contribution < -0.4 is 16.0 Å². The molecular weight excluding hydrogens is 336 g/mol. The summed E-state index contributed by atoms with van der Waals surface area (Å²) in [6.45, 7) is 4.64. The number of piperidine rings is 1. The number of nitrogens with one attached hydrogen (secondary N) is 3. The van der Waals surface area contributed by atoms with E-state index in [2.05, 4.69) is 27.8 Å². The number of amides is 3. The fraction of sp³-hybridized carbons (Fsp3) is 0.611. The van der Waals surface area contributed by atoms with Gasteiger partial charge in [-0.2, -0.15) is 0 Å². The molecule has 8 heteroatoms. The molecule has 3 N–H and O–H groups in total. The van der Waals surface area contributed by atoms with Crippen molar-refractivity contribution in [3.8, 4) is 0 Å². The first-order valence-electron chi connectivity index (χ1n) is 9.15. The van der Waals surface area contributed by atoms with Gasteiger partial charge in [-0.1, -0.05) is 6.42 Å². The number of nitrogens with zero attached hydrogens (tertiary/aromatic N) is 1. The summed E-state index contributed by atoms with van der Waals surface area (Å²) in [6, 6.07) is 3.71. The Bertz CT molecular complexity index is 588. The maximum atomic E-state index is 11.7. The van der Waals surface area contributed by atoms with Crippen LogP contribution in [-0.4, -0.2) is 61.4 Å². The molecule has 0 aromatic carbocycles. The zero-order valence-electron chi connectivity index (χ0n) is 15.3. The number of likely N-dealkylation sites (tertiary alicyclic amines) is 1. The normalized spacial score (nSPS) is 17.5. The van der Waals surface area contributed by atoms with E-state index in [1.165, 1.54) is 31.6 Å². The van der Waals surface area contributed by atoms with Crippen LogP contribution in [-0.2, 0) is 9.59 Å². The minimum absolute atomic E-state index is 0.102. The predicted molar refractivity (Wildman–Crippen MR) is 96.6 cm³/mol. The van der Waals surface area contributed by atoms with Gasteiger partial charge in [0.05, 0.1) is 19.4 Å². The summed E-state index contributed by atoms with van der Waals surface area (Å²) in [5.74, 6) is -0.996. The number of carbonyl (C=O) groups is 3. The molecule has 1 atom stereocenters. The van der Waals surface area contributed by atoms with Gasteiger partial charge in [-0.05, 0) is 44.9 Å². The van der Waals surface area contributed by atoms with Crippen molar-refractivity contribution in [3.05, 3.63) is 24.2 Å². The predicted octanol–water partition coefficient (Wildman–Crippen LogP) is 0.506. The summed E-state index contributed by atoms with van der Waals surface area (Å²) in [5.41, 5.74) is 0. The van der Waals surface area contributed by atoms with E-state index in [0.29, 0.717) is 12.6 Å². The van der Waals surface area contributed by atoms with E-state index in [1.807, 2.05) is 0 Å². The lowest BCUT2D eigenvalue weighted by Crippen LogP contribution is -2.43. The molecule has 8 nitrogen and oxygen atoms in total. The van der Waals surface area contributed by atoms with Crippen LogP contribution in [0.5, 0.6) is 0 Å². The molecule has 1 aromatic rings. The van der Waals surface area contributed by atoms with Gasteiger partial charge in [0.15, 0.2) is 5.76 Å². The second kappa shape index (κ2) is 10.6. The molecule has 0 aliphatic carbocycles. The molecule has 3 amide bonds. The highest BCUT2D eigenvalue weighted by Gasteiger charge is 2.17. The molecule has 1 saturated heterocycles. The molecule has 1 aromatic heterocycles. The molecule has 144 valence electrons. The summed E-state index contributed by atoms with van der Waals surface area (Å²) in [5, 5.41) is 7.69. The Kier molecular flexibility index (Phi) is 8.14. The monoisotopic (exact) mass is 364 g/mol. The van der Waals surface area contributed by atoms with Crippen LogP contribution in [0.25, 0.3) is 0 Å². The van der Waals surface area contributed by atoms with E-state index < -0.39 is 11.8 Å². The van der Waals surface area contributed by atoms with E-state index in [1.54, 1.807) is 6.07 Å². The number of rotatable bonds is 9. The standard InChI is InChI=1S/C18H28N4O4/c1-14-6-2-3-9-22(14)10-5-8-19-16(23)12-20-17(24)13-21-18(25)15-7-4-11-26-15/h4,7,11,14H,2-3,5-6,8-10,12-13H2,1H3,(H,19,23)(H,20,24)(H,21,25)/t14-/m1/s1. The number of furan rings is 1. The van der Waals surface area contributed by atoms with E-state index in [9.17, 15) is 14.4 Å². The van der Waals surface area contributed by atoms with Crippen molar-refractivity contribution in [3.63, 3.8) is 0 Å². The number of hydrogen-bond donors (Lipinski definition) is 3. The van der Waals surface area contributed by atoms with Gasteiger partial charge in [-0.15, -0.1) is 0 Å². The first-order valence-corrected chi connectivity index (χ1v) is 9.15. The highest BCUT2D eigenvalue weighted by Crippen LogP contribution is 2.15. The van der Waals surface area contributed by atoms with Crippen molar-refractivity contribution < 1.29 is 18.8 Å². The van der Waals surface area contributed by atoms with Crippen LogP contribution in [0.3, 0.4) is 0 Å². The third-order valence-electron chi connectivity index (χ3n) is 4.49. The van der Waals surface area contributed by atoms with Gasteiger partial charge in [-0.3, -0.25) is 14.4 Å². The molecular formula is C18H28N4O4. The topological polar surface area (TPSA) is 104 Å². The van der Waals surface area contributed by atoms with Gasteiger partial charge in [0.2, 0.25) is 11.8 Å². The molecule has 0 bridgehead atoms. The lowest BCUT2D eigenvalue weighted by Gasteiger charge is -2.33. The fourth-order valence-corrected chi connectivity index (χ4v) is 2.96. The zero-order valence-corrected chi connectivity index (χ0v) is 15.3. The molecule has 2 heterocycles. The molecule has 1 fully saturated rings. The average molecular weight is 364 g/mol. The molecule has 0 spiro atoms. The van der Waals surface area contributed by atoms with E-state index >= 15 is 0 Å². The summed E-state index contributed by atoms with van der Waals surface area (Å²) in [7, 11) is 0. The number of carbonyl (C=O) groups excluding carboxylic acids is 3. The van der Waals surface area contributed by atoms with Crippen LogP contribution in [0, 0.1) is 0 Å². The van der Waals surface area contributed by atoms with Crippen molar-refractivity contribution in [2.75, 3.05) is 32.7 Å². The van der Waals surface area contributed by atoms with E-state index in [-0.39, 0.29) is 24.8 Å². The van der Waals surface area contributed by atoms with Crippen molar-refractivity contribution >= 4 is 17.7 Å². The average Bonchev–Trinajstić information content (AvgIpc) is 3.17. The third kappa shape index (κ3) is 6.87. The lowest BCUT2D eigenvalue weighted by atomic mass is 10.0. The van der Waals surface area contributed by atoms with Gasteiger partial charge in [0.25, 0.3) is 5.91 Å². The minimum Gasteiger partial charge on any atom is -0.459 e. The Hall–Kier alpha value is -2.35. The first kappa shape index (κ1) is 20.0. The first-order chi connectivity index (χ1) is 12.6. The maximum absolute atomic E-state index is 11.7. The minimum atomic E-state index is -0.471. The van der Waals surface area contributed by atoms with Crippen molar-refractivity contribution in [2.24, 2.45) is 0 Å². The largest absolute Gasteiger partial charge is 0.459 e. The molecule has 1 aliphatic rings. The SMILES string of the molecule is C[C@@H]1CCCCN1CCCNC(=O)CNC(=O)CNC(=O)c1ccco1. The maximum Gasteiger partial charge on any atom is 0.287 e. The Balaban J connectivity index is 1.51. The zero-order chi connectivity index (χ0) is 18.8. The van der Waals surface area contributed by atoms with E-state index in [4.69, 9.17) is 4.42 Å². The molecule has 2 rings (SSSR count). The van der Waals surface area contributed by atoms with Crippen LogP contribution in [0.2, 0.25) is 0 Å². The second-order valence-electron chi connectivity index (χ2n) is 6.52. The highest BCUT2D eigenvalue weighted by molar-refractivity contribution is 5.94. The number of hydrogen-bond acceptors (Lipinski definition) is 5. The Morgan fingerprint density at radius 2 is 1.92 bits per heavy atom. The lowest BCUT2D eigenvalue weighted by molar-refractivity contribution is -0.125. The fourth-order valence-electron chi connectivity index (χ4n) is 2.96. The Labute approximate surface area is 153 Å². The van der Waals surface area contributed by atoms with Crippen LogP contribution in [0.1, 0.15) is 43.2 Å². The molecule has 26 heavy (non-hydrogen) atoms. The van der Waals surface area contributed by atoms with Gasteiger partial charge in [-0.25, -0.2) is 0 Å². The van der Waals surface area contributed by atoms with Gasteiger partial charge < -0.3 is 25.3 Å². The summed E-state index contributed by atoms with van der Waals surface area (Å²) in [4.78, 5) is 37.5. The summed E-state index contributed by atoms with van der Waals surface area (Å²) < 4.78 is 4.92. The highest BCUT2D eigenvalue weighted by atomic mass is 16.3. The van der Waals surface area contributed by atoms with E-state index in [0.717, 1.165) is 19.5 Å². The van der Waals surface area contributed by atoms with Gasteiger partial charge in [0, 0.05) is 19.1 Å². The van der Waals surface area contributed by atoms with Gasteiger partial charge in [0.1, 0.15) is 0 Å².